The molecule has 0 atom stereocenters. The minimum atomic E-state index is 0.486. The molecule has 0 saturated carbocycles. The van der Waals surface area contributed by atoms with Gasteiger partial charge in [0.1, 0.15) is 11.1 Å². The van der Waals surface area contributed by atoms with Crippen LogP contribution in [0.15, 0.2) is 30.7 Å². The Morgan fingerprint density at radius 1 is 1.17 bits per heavy atom. The van der Waals surface area contributed by atoms with Gasteiger partial charge in [0.05, 0.1) is 24.0 Å². The van der Waals surface area contributed by atoms with Crippen LogP contribution < -0.4 is 5.49 Å². The largest absolute Gasteiger partial charge is 0.323 e. The topological polar surface area (TPSA) is 59.5 Å². The van der Waals surface area contributed by atoms with Gasteiger partial charge in [-0.15, -0.1) is 0 Å². The van der Waals surface area contributed by atoms with E-state index in [9.17, 15) is 0 Å². The van der Waals surface area contributed by atoms with Crippen LogP contribution in [0, 0.1) is 25.2 Å². The average molecular weight is 309 g/mol. The molecule has 5 heteroatoms. The van der Waals surface area contributed by atoms with Crippen molar-refractivity contribution in [2.24, 2.45) is 5.92 Å². The fourth-order valence-corrected chi connectivity index (χ4v) is 2.97. The SMILES string of the molecule is Cc1c(C)n(Cc2ccccn2)c2ncn(CC(C)C)c(=N)c12. The molecule has 0 aliphatic carbocycles. The van der Waals surface area contributed by atoms with Crippen molar-refractivity contribution >= 4 is 11.0 Å². The summed E-state index contributed by atoms with van der Waals surface area (Å²) in [6, 6.07) is 5.94. The molecule has 0 saturated heterocycles. The van der Waals surface area contributed by atoms with Crippen LogP contribution in [0.5, 0.6) is 0 Å². The van der Waals surface area contributed by atoms with Gasteiger partial charge in [-0.2, -0.15) is 0 Å². The first kappa shape index (κ1) is 15.5. The molecular weight excluding hydrogens is 286 g/mol. The highest BCUT2D eigenvalue weighted by Gasteiger charge is 2.15. The van der Waals surface area contributed by atoms with E-state index in [2.05, 4.69) is 42.2 Å². The second-order valence-corrected chi connectivity index (χ2v) is 6.46. The highest BCUT2D eigenvalue weighted by Crippen LogP contribution is 2.21. The third-order valence-corrected chi connectivity index (χ3v) is 4.25. The number of rotatable bonds is 4. The maximum absolute atomic E-state index is 8.56. The summed E-state index contributed by atoms with van der Waals surface area (Å²) in [7, 11) is 0. The molecule has 0 unspecified atom stereocenters. The number of aromatic nitrogens is 4. The lowest BCUT2D eigenvalue weighted by molar-refractivity contribution is 0.501. The van der Waals surface area contributed by atoms with Gasteiger partial charge in [0.15, 0.2) is 0 Å². The van der Waals surface area contributed by atoms with Crippen molar-refractivity contribution in [2.45, 2.75) is 40.8 Å². The fourth-order valence-electron chi connectivity index (χ4n) is 2.97. The first-order chi connectivity index (χ1) is 11.0. The van der Waals surface area contributed by atoms with Crippen LogP contribution in [0.3, 0.4) is 0 Å². The third kappa shape index (κ3) is 2.79. The van der Waals surface area contributed by atoms with Crippen molar-refractivity contribution < 1.29 is 0 Å². The van der Waals surface area contributed by atoms with Crippen LogP contribution in [0.25, 0.3) is 11.0 Å². The molecule has 23 heavy (non-hydrogen) atoms. The van der Waals surface area contributed by atoms with Crippen molar-refractivity contribution in [1.82, 2.24) is 19.1 Å². The standard InChI is InChI=1S/C18H23N5/c1-12(2)9-22-11-21-18-16(17(22)19)13(3)14(4)23(18)10-15-7-5-6-8-20-15/h5-8,11-12,19H,9-10H2,1-4H3. The molecule has 3 aromatic rings. The maximum atomic E-state index is 8.56. The zero-order chi connectivity index (χ0) is 16.6. The predicted octanol–water partition coefficient (Wildman–Crippen LogP) is 3.03. The van der Waals surface area contributed by atoms with Gasteiger partial charge >= 0.3 is 0 Å². The van der Waals surface area contributed by atoms with Gasteiger partial charge in [-0.3, -0.25) is 10.4 Å². The quantitative estimate of drug-likeness (QED) is 0.805. The summed E-state index contributed by atoms with van der Waals surface area (Å²) < 4.78 is 4.09. The molecule has 120 valence electrons. The zero-order valence-corrected chi connectivity index (χ0v) is 14.2. The minimum absolute atomic E-state index is 0.486. The first-order valence-electron chi connectivity index (χ1n) is 7.98. The molecule has 0 spiro atoms. The molecule has 5 nitrogen and oxygen atoms in total. The van der Waals surface area contributed by atoms with Crippen LogP contribution in [-0.4, -0.2) is 19.1 Å². The third-order valence-electron chi connectivity index (χ3n) is 4.25. The number of aryl methyl sites for hydroxylation is 1. The van der Waals surface area contributed by atoms with Crippen molar-refractivity contribution in [3.8, 4) is 0 Å². The Hall–Kier alpha value is -2.43. The molecule has 1 N–H and O–H groups in total. The summed E-state index contributed by atoms with van der Waals surface area (Å²) >= 11 is 0. The molecule has 0 amide bonds. The minimum Gasteiger partial charge on any atom is -0.323 e. The van der Waals surface area contributed by atoms with Crippen LogP contribution in [0.1, 0.15) is 30.8 Å². The van der Waals surface area contributed by atoms with Crippen molar-refractivity contribution in [3.63, 3.8) is 0 Å². The summed E-state index contributed by atoms with van der Waals surface area (Å²) in [6.07, 6.45) is 3.60. The van der Waals surface area contributed by atoms with Gasteiger partial charge in [0.2, 0.25) is 0 Å². The summed E-state index contributed by atoms with van der Waals surface area (Å²) in [4.78, 5) is 9.06. The molecule has 0 radical (unpaired) electrons. The van der Waals surface area contributed by atoms with E-state index in [0.717, 1.165) is 34.5 Å². The van der Waals surface area contributed by atoms with Crippen molar-refractivity contribution in [1.29, 1.82) is 5.41 Å². The number of nitrogens with zero attached hydrogens (tertiary/aromatic N) is 4. The Kier molecular flexibility index (Phi) is 4.03. The van der Waals surface area contributed by atoms with E-state index >= 15 is 0 Å². The van der Waals surface area contributed by atoms with E-state index in [1.54, 1.807) is 6.33 Å². The number of hydrogen-bond donors (Lipinski definition) is 1. The summed E-state index contributed by atoms with van der Waals surface area (Å²) in [5.41, 5.74) is 4.69. The predicted molar refractivity (Wildman–Crippen MR) is 91.2 cm³/mol. The zero-order valence-electron chi connectivity index (χ0n) is 14.2. The van der Waals surface area contributed by atoms with Crippen LogP contribution in [0.4, 0.5) is 0 Å². The molecule has 3 rings (SSSR count). The van der Waals surface area contributed by atoms with Crippen molar-refractivity contribution in [3.05, 3.63) is 53.2 Å². The lowest BCUT2D eigenvalue weighted by Crippen LogP contribution is -2.23. The fraction of sp³-hybridized carbons (Fsp3) is 0.389. The molecule has 3 heterocycles. The summed E-state index contributed by atoms with van der Waals surface area (Å²) in [6.45, 7) is 9.96. The van der Waals surface area contributed by atoms with Gasteiger partial charge in [-0.05, 0) is 37.5 Å². The van der Waals surface area contributed by atoms with Gasteiger partial charge in [-0.25, -0.2) is 4.98 Å². The molecule has 0 fully saturated rings. The summed E-state index contributed by atoms with van der Waals surface area (Å²) in [5.74, 6) is 0.486. The van der Waals surface area contributed by atoms with Gasteiger partial charge < -0.3 is 9.13 Å². The van der Waals surface area contributed by atoms with Gasteiger partial charge in [0.25, 0.3) is 0 Å². The number of fused-ring (bicyclic) bond motifs is 1. The Morgan fingerprint density at radius 2 is 1.96 bits per heavy atom. The van der Waals surface area contributed by atoms with E-state index in [1.165, 1.54) is 0 Å². The molecule has 0 bridgehead atoms. The van der Waals surface area contributed by atoms with E-state index in [1.807, 2.05) is 29.0 Å². The number of pyridine rings is 1. The smallest absolute Gasteiger partial charge is 0.146 e. The molecule has 0 aromatic carbocycles. The maximum Gasteiger partial charge on any atom is 0.146 e. The lowest BCUT2D eigenvalue weighted by atomic mass is 10.2. The average Bonchev–Trinajstić information content (AvgIpc) is 2.76. The number of hydrogen-bond acceptors (Lipinski definition) is 3. The number of nitrogens with one attached hydrogen (secondary N) is 1. The van der Waals surface area contributed by atoms with E-state index in [0.29, 0.717) is 18.0 Å². The Labute approximate surface area is 136 Å². The van der Waals surface area contributed by atoms with Gasteiger partial charge in [0, 0.05) is 18.4 Å². The Morgan fingerprint density at radius 3 is 2.61 bits per heavy atom. The molecular formula is C18H23N5. The molecule has 3 aromatic heterocycles. The normalized spacial score (nSPS) is 11.5. The van der Waals surface area contributed by atoms with E-state index < -0.39 is 0 Å². The first-order valence-corrected chi connectivity index (χ1v) is 7.98. The molecule has 0 aliphatic heterocycles. The Bertz CT molecular complexity index is 887. The summed E-state index contributed by atoms with van der Waals surface area (Å²) in [5, 5.41) is 9.50. The molecule has 0 aliphatic rings. The van der Waals surface area contributed by atoms with E-state index in [4.69, 9.17) is 5.41 Å². The second-order valence-electron chi connectivity index (χ2n) is 6.46. The second kappa shape index (κ2) is 5.99. The highest BCUT2D eigenvalue weighted by atomic mass is 15.1. The van der Waals surface area contributed by atoms with Crippen LogP contribution in [0.2, 0.25) is 0 Å². The van der Waals surface area contributed by atoms with Crippen LogP contribution in [-0.2, 0) is 13.1 Å². The van der Waals surface area contributed by atoms with Crippen molar-refractivity contribution in [2.75, 3.05) is 0 Å². The monoisotopic (exact) mass is 309 g/mol. The highest BCUT2D eigenvalue weighted by molar-refractivity contribution is 5.80. The lowest BCUT2D eigenvalue weighted by Gasteiger charge is -2.11. The van der Waals surface area contributed by atoms with Crippen LogP contribution >= 0.6 is 0 Å². The van der Waals surface area contributed by atoms with Gasteiger partial charge in [-0.1, -0.05) is 19.9 Å². The van der Waals surface area contributed by atoms with E-state index in [-0.39, 0.29) is 0 Å². The Balaban J connectivity index is 2.15.